The lowest BCUT2D eigenvalue weighted by Crippen LogP contribution is -2.46. The zero-order valence-corrected chi connectivity index (χ0v) is 15.5. The van der Waals surface area contributed by atoms with Crippen LogP contribution >= 0.6 is 0 Å². The average Bonchev–Trinajstić information content (AvgIpc) is 2.98. The number of aromatic nitrogens is 4. The van der Waals surface area contributed by atoms with Gasteiger partial charge in [0.25, 0.3) is 0 Å². The molecule has 3 aliphatic rings. The number of nitrogens with zero attached hydrogens (tertiary/aromatic N) is 5. The van der Waals surface area contributed by atoms with Gasteiger partial charge in [0.2, 0.25) is 5.95 Å². The molecule has 1 spiro atoms. The largest absolute Gasteiger partial charge is 0.368 e. The quantitative estimate of drug-likeness (QED) is 0.851. The molecule has 0 saturated carbocycles. The molecule has 2 aromatic heterocycles. The van der Waals surface area contributed by atoms with Crippen LogP contribution in [0.1, 0.15) is 60.4 Å². The fraction of sp³-hybridized carbons (Fsp3) is 0.600. The minimum Gasteiger partial charge on any atom is -0.368 e. The molecular formula is C20H26N6. The van der Waals surface area contributed by atoms with Crippen LogP contribution in [0.15, 0.2) is 6.20 Å². The van der Waals surface area contributed by atoms with Gasteiger partial charge in [0.1, 0.15) is 11.6 Å². The van der Waals surface area contributed by atoms with Gasteiger partial charge in [0, 0.05) is 30.3 Å². The van der Waals surface area contributed by atoms with Gasteiger partial charge in [-0.25, -0.2) is 15.0 Å². The van der Waals surface area contributed by atoms with Crippen molar-refractivity contribution in [3.8, 4) is 0 Å². The molecule has 136 valence electrons. The Kier molecular flexibility index (Phi) is 3.62. The van der Waals surface area contributed by atoms with E-state index in [2.05, 4.69) is 14.9 Å². The van der Waals surface area contributed by atoms with Crippen molar-refractivity contribution < 1.29 is 0 Å². The van der Waals surface area contributed by atoms with Gasteiger partial charge in [-0.1, -0.05) is 0 Å². The number of fused-ring (bicyclic) bond motifs is 3. The maximum Gasteiger partial charge on any atom is 0.222 e. The summed E-state index contributed by atoms with van der Waals surface area (Å²) in [6, 6.07) is 0. The summed E-state index contributed by atoms with van der Waals surface area (Å²) in [5.41, 5.74) is 11.3. The molecule has 1 aliphatic heterocycles. The standard InChI is InChI=1S/C20H26N6/c1-13-22-11-14-7-9-20(17(14)23-13)8-4-10-26(12-20)18-15-5-2-3-6-16(15)24-19(21)25-18/h11H,2-10,12H2,1H3,(H2,21,24,25). The molecule has 2 aliphatic carbocycles. The van der Waals surface area contributed by atoms with Crippen LogP contribution in [0.3, 0.4) is 0 Å². The molecule has 0 bridgehead atoms. The summed E-state index contributed by atoms with van der Waals surface area (Å²) < 4.78 is 0. The van der Waals surface area contributed by atoms with Crippen molar-refractivity contribution >= 4 is 11.8 Å². The van der Waals surface area contributed by atoms with E-state index in [0.29, 0.717) is 5.95 Å². The van der Waals surface area contributed by atoms with E-state index in [-0.39, 0.29) is 5.41 Å². The van der Waals surface area contributed by atoms with E-state index in [9.17, 15) is 0 Å². The van der Waals surface area contributed by atoms with Crippen molar-refractivity contribution in [1.29, 1.82) is 0 Å². The first-order valence-corrected chi connectivity index (χ1v) is 9.88. The minimum absolute atomic E-state index is 0.141. The lowest BCUT2D eigenvalue weighted by Gasteiger charge is -2.42. The molecule has 2 N–H and O–H groups in total. The molecule has 1 fully saturated rings. The Morgan fingerprint density at radius 1 is 1.04 bits per heavy atom. The van der Waals surface area contributed by atoms with E-state index in [0.717, 1.165) is 44.0 Å². The SMILES string of the molecule is Cc1ncc2c(n1)C1(CCCN(c3nc(N)nc4c3CCCC4)C1)CC2. The van der Waals surface area contributed by atoms with E-state index < -0.39 is 0 Å². The summed E-state index contributed by atoms with van der Waals surface area (Å²) in [7, 11) is 0. The zero-order chi connectivity index (χ0) is 17.7. The highest BCUT2D eigenvalue weighted by atomic mass is 15.2. The number of rotatable bonds is 1. The van der Waals surface area contributed by atoms with Gasteiger partial charge in [0.15, 0.2) is 0 Å². The number of piperidine rings is 1. The van der Waals surface area contributed by atoms with Crippen molar-refractivity contribution in [1.82, 2.24) is 19.9 Å². The highest BCUT2D eigenvalue weighted by Crippen LogP contribution is 2.45. The van der Waals surface area contributed by atoms with Gasteiger partial charge in [-0.15, -0.1) is 0 Å². The fourth-order valence-corrected chi connectivity index (χ4v) is 5.19. The second kappa shape index (κ2) is 5.89. The van der Waals surface area contributed by atoms with Crippen LogP contribution in [0.4, 0.5) is 11.8 Å². The summed E-state index contributed by atoms with van der Waals surface area (Å²) >= 11 is 0. The number of anilines is 2. The normalized spacial score (nSPS) is 24.6. The van der Waals surface area contributed by atoms with E-state index in [1.54, 1.807) is 0 Å². The van der Waals surface area contributed by atoms with Crippen molar-refractivity contribution in [2.24, 2.45) is 0 Å². The first-order valence-electron chi connectivity index (χ1n) is 9.88. The first kappa shape index (κ1) is 16.0. The Morgan fingerprint density at radius 3 is 2.85 bits per heavy atom. The highest BCUT2D eigenvalue weighted by molar-refractivity contribution is 5.54. The molecule has 0 amide bonds. The van der Waals surface area contributed by atoms with Crippen molar-refractivity contribution in [3.63, 3.8) is 0 Å². The molecule has 2 aromatic rings. The van der Waals surface area contributed by atoms with Gasteiger partial charge in [-0.05, 0) is 63.9 Å². The third kappa shape index (κ3) is 2.46. The van der Waals surface area contributed by atoms with Crippen LogP contribution in [-0.2, 0) is 24.7 Å². The molecular weight excluding hydrogens is 324 g/mol. The van der Waals surface area contributed by atoms with Crippen LogP contribution in [-0.4, -0.2) is 33.0 Å². The zero-order valence-electron chi connectivity index (χ0n) is 15.5. The molecule has 3 heterocycles. The number of nitrogen functional groups attached to an aromatic ring is 1. The fourth-order valence-electron chi connectivity index (χ4n) is 5.19. The molecule has 6 heteroatoms. The molecule has 0 aromatic carbocycles. The lowest BCUT2D eigenvalue weighted by atomic mass is 9.77. The Labute approximate surface area is 154 Å². The van der Waals surface area contributed by atoms with Gasteiger partial charge < -0.3 is 10.6 Å². The summed E-state index contributed by atoms with van der Waals surface area (Å²) in [6.45, 7) is 4.03. The van der Waals surface area contributed by atoms with Gasteiger partial charge in [-0.2, -0.15) is 4.98 Å². The number of hydrogen-bond donors (Lipinski definition) is 1. The molecule has 26 heavy (non-hydrogen) atoms. The monoisotopic (exact) mass is 350 g/mol. The van der Waals surface area contributed by atoms with Crippen LogP contribution < -0.4 is 10.6 Å². The van der Waals surface area contributed by atoms with E-state index in [1.807, 2.05) is 13.1 Å². The maximum atomic E-state index is 6.06. The molecule has 1 unspecified atom stereocenters. The van der Waals surface area contributed by atoms with Gasteiger partial charge in [-0.3, -0.25) is 0 Å². The Morgan fingerprint density at radius 2 is 1.92 bits per heavy atom. The Hall–Kier alpha value is -2.24. The van der Waals surface area contributed by atoms with E-state index in [4.69, 9.17) is 15.7 Å². The summed E-state index contributed by atoms with van der Waals surface area (Å²) in [5.74, 6) is 2.39. The van der Waals surface area contributed by atoms with E-state index in [1.165, 1.54) is 54.6 Å². The second-order valence-electron chi connectivity index (χ2n) is 8.13. The summed E-state index contributed by atoms with van der Waals surface area (Å²) in [5, 5.41) is 0. The molecule has 6 nitrogen and oxygen atoms in total. The minimum atomic E-state index is 0.141. The summed E-state index contributed by atoms with van der Waals surface area (Å²) in [6.07, 6.45) is 11.2. The molecule has 1 atom stereocenters. The summed E-state index contributed by atoms with van der Waals surface area (Å²) in [4.78, 5) is 21.0. The smallest absolute Gasteiger partial charge is 0.222 e. The van der Waals surface area contributed by atoms with Crippen LogP contribution in [0.2, 0.25) is 0 Å². The molecule has 1 saturated heterocycles. The third-order valence-electron chi connectivity index (χ3n) is 6.42. The van der Waals surface area contributed by atoms with Gasteiger partial charge >= 0.3 is 0 Å². The van der Waals surface area contributed by atoms with Gasteiger partial charge in [0.05, 0.1) is 11.4 Å². The maximum absolute atomic E-state index is 6.06. The second-order valence-corrected chi connectivity index (χ2v) is 8.13. The third-order valence-corrected chi connectivity index (χ3v) is 6.42. The predicted octanol–water partition coefficient (Wildman–Crippen LogP) is 2.52. The number of hydrogen-bond acceptors (Lipinski definition) is 6. The van der Waals surface area contributed by atoms with Crippen molar-refractivity contribution in [2.45, 2.75) is 63.7 Å². The molecule has 0 radical (unpaired) electrons. The lowest BCUT2D eigenvalue weighted by molar-refractivity contribution is 0.332. The number of nitrogens with two attached hydrogens (primary N) is 1. The van der Waals surface area contributed by atoms with Crippen molar-refractivity contribution in [3.05, 3.63) is 34.5 Å². The van der Waals surface area contributed by atoms with Crippen LogP contribution in [0, 0.1) is 6.92 Å². The molecule has 5 rings (SSSR count). The number of aryl methyl sites for hydroxylation is 3. The Bertz CT molecular complexity index is 860. The van der Waals surface area contributed by atoms with E-state index >= 15 is 0 Å². The predicted molar refractivity (Wildman–Crippen MR) is 101 cm³/mol. The topological polar surface area (TPSA) is 80.8 Å². The Balaban J connectivity index is 1.54. The average molecular weight is 350 g/mol. The van der Waals surface area contributed by atoms with Crippen LogP contribution in [0.25, 0.3) is 0 Å². The highest BCUT2D eigenvalue weighted by Gasteiger charge is 2.44. The van der Waals surface area contributed by atoms with Crippen LogP contribution in [0.5, 0.6) is 0 Å². The first-order chi connectivity index (χ1) is 12.6. The van der Waals surface area contributed by atoms with Crippen molar-refractivity contribution in [2.75, 3.05) is 23.7 Å².